The molecule has 2 aliphatic rings. The maximum atomic E-state index is 12.2. The summed E-state index contributed by atoms with van der Waals surface area (Å²) in [6, 6.07) is 7.92. The molecule has 1 aromatic heterocycles. The van der Waals surface area contributed by atoms with Gasteiger partial charge in [0.2, 0.25) is 0 Å². The number of furan rings is 1. The van der Waals surface area contributed by atoms with Crippen LogP contribution in [-0.4, -0.2) is 13.1 Å². The van der Waals surface area contributed by atoms with Crippen LogP contribution in [0.5, 0.6) is 0 Å². The van der Waals surface area contributed by atoms with Gasteiger partial charge in [0, 0.05) is 16.9 Å². The van der Waals surface area contributed by atoms with E-state index in [0.717, 1.165) is 28.7 Å². The van der Waals surface area contributed by atoms with Crippen LogP contribution < -0.4 is 0 Å². The van der Waals surface area contributed by atoms with Gasteiger partial charge < -0.3 is 9.15 Å². The Morgan fingerprint density at radius 3 is 3.00 bits per heavy atom. The van der Waals surface area contributed by atoms with E-state index < -0.39 is 0 Å². The summed E-state index contributed by atoms with van der Waals surface area (Å²) >= 11 is 0. The third kappa shape index (κ3) is 1.35. The molecule has 0 amide bonds. The Morgan fingerprint density at radius 1 is 1.32 bits per heavy atom. The van der Waals surface area contributed by atoms with Crippen molar-refractivity contribution in [2.45, 2.75) is 18.3 Å². The molecular formula is C16H14O3. The third-order valence-electron chi connectivity index (χ3n) is 4.31. The minimum atomic E-state index is -0.223. The summed E-state index contributed by atoms with van der Waals surface area (Å²) in [6.45, 7) is 0. The van der Waals surface area contributed by atoms with Crippen LogP contribution in [0.25, 0.3) is 11.0 Å². The Balaban J connectivity index is 2.01. The molecule has 1 unspecified atom stereocenters. The van der Waals surface area contributed by atoms with Crippen LogP contribution in [0, 0.1) is 5.92 Å². The number of fused-ring (bicyclic) bond motifs is 6. The molecular weight excluding hydrogens is 240 g/mol. The number of methoxy groups -OCH3 is 1. The first-order valence-electron chi connectivity index (χ1n) is 6.57. The molecule has 3 heteroatoms. The van der Waals surface area contributed by atoms with Gasteiger partial charge in [-0.25, -0.2) is 0 Å². The summed E-state index contributed by atoms with van der Waals surface area (Å²) in [4.78, 5) is 12.2. The first-order valence-corrected chi connectivity index (χ1v) is 6.57. The fraction of sp³-hybridized carbons (Fsp3) is 0.312. The molecule has 0 aliphatic heterocycles. The summed E-state index contributed by atoms with van der Waals surface area (Å²) < 4.78 is 11.0. The van der Waals surface area contributed by atoms with E-state index in [1.54, 1.807) is 0 Å². The van der Waals surface area contributed by atoms with Crippen molar-refractivity contribution in [2.75, 3.05) is 7.11 Å². The number of carbonyl (C=O) groups excluding carboxylic acids is 1. The molecule has 2 aromatic rings. The molecule has 1 heterocycles. The molecule has 0 saturated heterocycles. The van der Waals surface area contributed by atoms with Gasteiger partial charge in [-0.1, -0.05) is 30.4 Å². The SMILES string of the molecule is COC(=O)[C@@H]1c2c(oc3ccccc23)C2C=C[C@H]1C2. The molecule has 1 aromatic carbocycles. The number of allylic oxidation sites excluding steroid dienone is 2. The zero-order valence-corrected chi connectivity index (χ0v) is 10.6. The summed E-state index contributed by atoms with van der Waals surface area (Å²) in [7, 11) is 1.45. The highest BCUT2D eigenvalue weighted by Gasteiger charge is 2.44. The van der Waals surface area contributed by atoms with Gasteiger partial charge >= 0.3 is 5.97 Å². The van der Waals surface area contributed by atoms with Crippen molar-refractivity contribution in [3.63, 3.8) is 0 Å². The second kappa shape index (κ2) is 3.73. The molecule has 96 valence electrons. The minimum Gasteiger partial charge on any atom is -0.469 e. The number of benzene rings is 1. The first-order chi connectivity index (χ1) is 9.29. The van der Waals surface area contributed by atoms with Crippen molar-refractivity contribution in [3.05, 3.63) is 47.7 Å². The van der Waals surface area contributed by atoms with Gasteiger partial charge in [-0.15, -0.1) is 0 Å². The van der Waals surface area contributed by atoms with E-state index >= 15 is 0 Å². The highest BCUT2D eigenvalue weighted by atomic mass is 16.5. The van der Waals surface area contributed by atoms with Crippen molar-refractivity contribution < 1.29 is 13.9 Å². The number of hydrogen-bond acceptors (Lipinski definition) is 3. The Bertz CT molecular complexity index is 695. The third-order valence-corrected chi connectivity index (χ3v) is 4.31. The van der Waals surface area contributed by atoms with E-state index in [-0.39, 0.29) is 17.8 Å². The topological polar surface area (TPSA) is 39.4 Å². The molecule has 3 atom stereocenters. The Hall–Kier alpha value is -2.03. The molecule has 0 N–H and O–H groups in total. The van der Waals surface area contributed by atoms with Crippen LogP contribution in [0.2, 0.25) is 0 Å². The Morgan fingerprint density at radius 2 is 2.16 bits per heavy atom. The van der Waals surface area contributed by atoms with Gasteiger partial charge in [-0.3, -0.25) is 4.79 Å². The van der Waals surface area contributed by atoms with Crippen LogP contribution in [0.1, 0.15) is 29.6 Å². The number of para-hydroxylation sites is 1. The van der Waals surface area contributed by atoms with Crippen molar-refractivity contribution in [1.82, 2.24) is 0 Å². The second-order valence-corrected chi connectivity index (χ2v) is 5.27. The molecule has 0 spiro atoms. The summed E-state index contributed by atoms with van der Waals surface area (Å²) in [5.74, 6) is 1.11. The zero-order chi connectivity index (χ0) is 13.0. The van der Waals surface area contributed by atoms with Crippen LogP contribution in [0.3, 0.4) is 0 Å². The predicted octanol–water partition coefficient (Wildman–Crippen LogP) is 3.36. The largest absolute Gasteiger partial charge is 0.469 e. The molecule has 2 aliphatic carbocycles. The van der Waals surface area contributed by atoms with Crippen LogP contribution in [0.4, 0.5) is 0 Å². The summed E-state index contributed by atoms with van der Waals surface area (Å²) in [5.41, 5.74) is 1.90. The molecule has 3 nitrogen and oxygen atoms in total. The maximum Gasteiger partial charge on any atom is 0.313 e. The van der Waals surface area contributed by atoms with E-state index in [9.17, 15) is 4.79 Å². The van der Waals surface area contributed by atoms with Crippen molar-refractivity contribution >= 4 is 16.9 Å². The first kappa shape index (κ1) is 10.9. The number of esters is 1. The average molecular weight is 254 g/mol. The molecule has 0 fully saturated rings. The quantitative estimate of drug-likeness (QED) is 0.578. The van der Waals surface area contributed by atoms with Crippen LogP contribution in [-0.2, 0) is 9.53 Å². The van der Waals surface area contributed by atoms with E-state index in [2.05, 4.69) is 12.2 Å². The van der Waals surface area contributed by atoms with E-state index in [0.29, 0.717) is 5.92 Å². The van der Waals surface area contributed by atoms with Gasteiger partial charge in [0.1, 0.15) is 11.3 Å². The van der Waals surface area contributed by atoms with Gasteiger partial charge in [-0.05, 0) is 18.4 Å². The number of rotatable bonds is 1. The standard InChI is InChI=1S/C16H14O3/c1-18-16(17)13-9-6-7-10(8-9)15-14(13)11-4-2-3-5-12(11)19-15/h2-7,9-10,13H,8H2,1H3/t9-,10?,13-/m0/s1. The number of ether oxygens (including phenoxy) is 1. The summed E-state index contributed by atoms with van der Waals surface area (Å²) in [5, 5.41) is 1.05. The highest BCUT2D eigenvalue weighted by Crippen LogP contribution is 2.51. The van der Waals surface area contributed by atoms with Gasteiger partial charge in [-0.2, -0.15) is 0 Å². The lowest BCUT2D eigenvalue weighted by Crippen LogP contribution is -2.25. The molecule has 2 bridgehead atoms. The second-order valence-electron chi connectivity index (χ2n) is 5.27. The lowest BCUT2D eigenvalue weighted by atomic mass is 9.77. The number of hydrogen-bond donors (Lipinski definition) is 0. The average Bonchev–Trinajstić information content (AvgIpc) is 3.02. The van der Waals surface area contributed by atoms with Crippen LogP contribution in [0.15, 0.2) is 40.8 Å². The monoisotopic (exact) mass is 254 g/mol. The van der Waals surface area contributed by atoms with Crippen molar-refractivity contribution in [1.29, 1.82) is 0 Å². The van der Waals surface area contributed by atoms with Crippen molar-refractivity contribution in [2.24, 2.45) is 5.92 Å². The zero-order valence-electron chi connectivity index (χ0n) is 10.6. The van der Waals surface area contributed by atoms with E-state index in [1.165, 1.54) is 7.11 Å². The Labute approximate surface area is 110 Å². The summed E-state index contributed by atoms with van der Waals surface area (Å²) in [6.07, 6.45) is 5.25. The fourth-order valence-electron chi connectivity index (χ4n) is 3.48. The molecule has 19 heavy (non-hydrogen) atoms. The Kier molecular flexibility index (Phi) is 2.13. The fourth-order valence-corrected chi connectivity index (χ4v) is 3.48. The number of carbonyl (C=O) groups is 1. The van der Waals surface area contributed by atoms with Crippen molar-refractivity contribution in [3.8, 4) is 0 Å². The van der Waals surface area contributed by atoms with E-state index in [1.807, 2.05) is 24.3 Å². The maximum absolute atomic E-state index is 12.2. The minimum absolute atomic E-state index is 0.164. The van der Waals surface area contributed by atoms with Gasteiger partial charge in [0.05, 0.1) is 13.0 Å². The van der Waals surface area contributed by atoms with Gasteiger partial charge in [0.15, 0.2) is 0 Å². The van der Waals surface area contributed by atoms with Crippen LogP contribution >= 0.6 is 0 Å². The van der Waals surface area contributed by atoms with Gasteiger partial charge in [0.25, 0.3) is 0 Å². The lowest BCUT2D eigenvalue weighted by Gasteiger charge is -2.26. The molecule has 0 saturated carbocycles. The van der Waals surface area contributed by atoms with E-state index in [4.69, 9.17) is 9.15 Å². The molecule has 0 radical (unpaired) electrons. The lowest BCUT2D eigenvalue weighted by molar-refractivity contribution is -0.143. The predicted molar refractivity (Wildman–Crippen MR) is 71.0 cm³/mol. The normalized spacial score (nSPS) is 27.5. The smallest absolute Gasteiger partial charge is 0.313 e. The highest BCUT2D eigenvalue weighted by molar-refractivity contribution is 5.91. The molecule has 4 rings (SSSR count).